The average molecular weight is 229 g/mol. The van der Waals surface area contributed by atoms with E-state index in [0.717, 1.165) is 24.5 Å². The molecule has 0 radical (unpaired) electrons. The molecule has 15 heavy (non-hydrogen) atoms. The van der Waals surface area contributed by atoms with Crippen LogP contribution in [-0.4, -0.2) is 14.9 Å². The van der Waals surface area contributed by atoms with Gasteiger partial charge in [-0.05, 0) is 24.7 Å². The van der Waals surface area contributed by atoms with Crippen LogP contribution < -0.4 is 0 Å². The maximum Gasteiger partial charge on any atom is 0.0999 e. The van der Waals surface area contributed by atoms with Crippen molar-refractivity contribution in [2.75, 3.05) is 0 Å². The van der Waals surface area contributed by atoms with Gasteiger partial charge < -0.3 is 5.11 Å². The Labute approximate surface area is 95.0 Å². The molecule has 3 atom stereocenters. The van der Waals surface area contributed by atoms with E-state index in [9.17, 15) is 5.11 Å². The second kappa shape index (κ2) is 4.14. The van der Waals surface area contributed by atoms with E-state index >= 15 is 0 Å². The van der Waals surface area contributed by atoms with Crippen LogP contribution in [0.5, 0.6) is 0 Å². The molecule has 1 aliphatic rings. The Balaban J connectivity index is 2.17. The first-order valence-electron chi connectivity index (χ1n) is 5.45. The number of aliphatic hydroxyl groups excluding tert-OH is 1. The van der Waals surface area contributed by atoms with Crippen molar-refractivity contribution >= 4 is 11.6 Å². The molecule has 0 amide bonds. The van der Waals surface area contributed by atoms with Gasteiger partial charge in [-0.15, -0.1) is 0 Å². The normalized spacial score (nSPS) is 28.3. The van der Waals surface area contributed by atoms with Gasteiger partial charge in [-0.2, -0.15) is 5.10 Å². The summed E-state index contributed by atoms with van der Waals surface area (Å²) in [6, 6.07) is 0. The van der Waals surface area contributed by atoms with E-state index in [-0.39, 0.29) is 0 Å². The summed E-state index contributed by atoms with van der Waals surface area (Å²) in [5, 5.41) is 14.9. The predicted octanol–water partition coefficient (Wildman–Crippen LogP) is 2.54. The van der Waals surface area contributed by atoms with Crippen molar-refractivity contribution in [2.45, 2.75) is 32.3 Å². The maximum absolute atomic E-state index is 10.2. The zero-order valence-electron chi connectivity index (χ0n) is 9.15. The summed E-state index contributed by atoms with van der Waals surface area (Å²) in [7, 11) is 1.82. The summed E-state index contributed by atoms with van der Waals surface area (Å²) in [6.45, 7) is 2.23. The Hall–Kier alpha value is -0.540. The smallest absolute Gasteiger partial charge is 0.0999 e. The summed E-state index contributed by atoms with van der Waals surface area (Å²) in [6.07, 6.45) is 4.51. The van der Waals surface area contributed by atoms with Crippen LogP contribution in [-0.2, 0) is 7.05 Å². The molecule has 0 aliphatic heterocycles. The van der Waals surface area contributed by atoms with E-state index in [4.69, 9.17) is 11.6 Å². The van der Waals surface area contributed by atoms with Gasteiger partial charge in [0.15, 0.2) is 0 Å². The molecule has 1 heterocycles. The van der Waals surface area contributed by atoms with Crippen molar-refractivity contribution in [1.82, 2.24) is 9.78 Å². The Morgan fingerprint density at radius 2 is 2.33 bits per heavy atom. The van der Waals surface area contributed by atoms with E-state index in [1.54, 1.807) is 10.9 Å². The van der Waals surface area contributed by atoms with E-state index in [2.05, 4.69) is 12.0 Å². The summed E-state index contributed by atoms with van der Waals surface area (Å²) in [5.74, 6) is 1.06. The van der Waals surface area contributed by atoms with Crippen LogP contribution in [0.25, 0.3) is 0 Å². The molecular formula is C11H17ClN2O. The lowest BCUT2D eigenvalue weighted by Gasteiger charge is -2.18. The molecule has 0 bridgehead atoms. The zero-order valence-corrected chi connectivity index (χ0v) is 9.91. The number of hydrogen-bond acceptors (Lipinski definition) is 2. The maximum atomic E-state index is 10.2. The number of aliphatic hydroxyl groups is 1. The van der Waals surface area contributed by atoms with Gasteiger partial charge in [0.05, 0.1) is 23.0 Å². The molecule has 0 spiro atoms. The molecule has 3 unspecified atom stereocenters. The molecule has 3 nitrogen and oxygen atoms in total. The van der Waals surface area contributed by atoms with E-state index in [1.165, 1.54) is 6.42 Å². The van der Waals surface area contributed by atoms with Gasteiger partial charge in [0, 0.05) is 7.05 Å². The molecule has 0 aromatic carbocycles. The minimum atomic E-state index is -0.463. The van der Waals surface area contributed by atoms with Crippen LogP contribution >= 0.6 is 11.6 Å². The predicted molar refractivity (Wildman–Crippen MR) is 59.7 cm³/mol. The lowest BCUT2D eigenvalue weighted by molar-refractivity contribution is 0.101. The lowest BCUT2D eigenvalue weighted by Crippen LogP contribution is -2.14. The van der Waals surface area contributed by atoms with Crippen molar-refractivity contribution < 1.29 is 5.11 Å². The SMILES string of the molecule is CC1CCC(C(O)c2c(Cl)cnn2C)C1. The molecule has 4 heteroatoms. The summed E-state index contributed by atoms with van der Waals surface area (Å²) in [4.78, 5) is 0. The van der Waals surface area contributed by atoms with Gasteiger partial charge in [-0.3, -0.25) is 4.68 Å². The fraction of sp³-hybridized carbons (Fsp3) is 0.727. The third kappa shape index (κ3) is 2.04. The zero-order chi connectivity index (χ0) is 11.0. The quantitative estimate of drug-likeness (QED) is 0.845. The number of aryl methyl sites for hydroxylation is 1. The number of hydrogen-bond donors (Lipinski definition) is 1. The van der Waals surface area contributed by atoms with Gasteiger partial charge in [0.25, 0.3) is 0 Å². The Morgan fingerprint density at radius 3 is 2.80 bits per heavy atom. The highest BCUT2D eigenvalue weighted by atomic mass is 35.5. The number of halogens is 1. The molecule has 1 aliphatic carbocycles. The van der Waals surface area contributed by atoms with Crippen LogP contribution in [0.1, 0.15) is 38.0 Å². The van der Waals surface area contributed by atoms with Gasteiger partial charge in [-0.1, -0.05) is 24.9 Å². The molecule has 84 valence electrons. The highest BCUT2D eigenvalue weighted by Crippen LogP contribution is 2.40. The van der Waals surface area contributed by atoms with Crippen LogP contribution in [0.3, 0.4) is 0 Å². The molecule has 1 fully saturated rings. The molecule has 1 aromatic rings. The summed E-state index contributed by atoms with van der Waals surface area (Å²) in [5.41, 5.74) is 0.760. The second-order valence-corrected chi connectivity index (χ2v) is 5.03. The van der Waals surface area contributed by atoms with Crippen LogP contribution in [0.15, 0.2) is 6.20 Å². The van der Waals surface area contributed by atoms with Gasteiger partial charge in [0.2, 0.25) is 0 Å². The second-order valence-electron chi connectivity index (χ2n) is 4.62. The molecular weight excluding hydrogens is 212 g/mol. The van der Waals surface area contributed by atoms with Crippen molar-refractivity contribution in [3.05, 3.63) is 16.9 Å². The number of aromatic nitrogens is 2. The molecule has 0 saturated heterocycles. The highest BCUT2D eigenvalue weighted by molar-refractivity contribution is 6.31. The van der Waals surface area contributed by atoms with Gasteiger partial charge >= 0.3 is 0 Å². The van der Waals surface area contributed by atoms with E-state index < -0.39 is 6.10 Å². The van der Waals surface area contributed by atoms with Crippen molar-refractivity contribution in [3.63, 3.8) is 0 Å². The lowest BCUT2D eigenvalue weighted by atomic mass is 9.97. The molecule has 1 N–H and O–H groups in total. The van der Waals surface area contributed by atoms with Gasteiger partial charge in [-0.25, -0.2) is 0 Å². The van der Waals surface area contributed by atoms with Crippen molar-refractivity contribution in [1.29, 1.82) is 0 Å². The highest BCUT2D eigenvalue weighted by Gasteiger charge is 2.31. The first-order chi connectivity index (χ1) is 7.09. The average Bonchev–Trinajstić information content (AvgIpc) is 2.73. The fourth-order valence-corrected chi connectivity index (χ4v) is 2.79. The Morgan fingerprint density at radius 1 is 1.60 bits per heavy atom. The topological polar surface area (TPSA) is 38.1 Å². The van der Waals surface area contributed by atoms with Crippen molar-refractivity contribution in [2.24, 2.45) is 18.9 Å². The third-order valence-corrected chi connectivity index (χ3v) is 3.69. The minimum Gasteiger partial charge on any atom is -0.386 e. The summed E-state index contributed by atoms with van der Waals surface area (Å²) >= 11 is 6.01. The molecule has 2 rings (SSSR count). The van der Waals surface area contributed by atoms with Crippen molar-refractivity contribution in [3.8, 4) is 0 Å². The minimum absolute atomic E-state index is 0.341. The number of rotatable bonds is 2. The Bertz CT molecular complexity index is 331. The van der Waals surface area contributed by atoms with Crippen LogP contribution in [0.4, 0.5) is 0 Å². The Kier molecular flexibility index (Phi) is 3.03. The number of nitrogens with zero attached hydrogens (tertiary/aromatic N) is 2. The fourth-order valence-electron chi connectivity index (χ4n) is 2.51. The third-order valence-electron chi connectivity index (χ3n) is 3.40. The monoisotopic (exact) mass is 228 g/mol. The van der Waals surface area contributed by atoms with E-state index in [1.807, 2.05) is 7.05 Å². The first-order valence-corrected chi connectivity index (χ1v) is 5.83. The summed E-state index contributed by atoms with van der Waals surface area (Å²) < 4.78 is 1.68. The molecule has 1 aromatic heterocycles. The van der Waals surface area contributed by atoms with Gasteiger partial charge in [0.1, 0.15) is 0 Å². The first kappa shape index (κ1) is 11.0. The standard InChI is InChI=1S/C11H17ClN2O/c1-7-3-4-8(5-7)11(15)10-9(12)6-13-14(10)2/h6-8,11,15H,3-5H2,1-2H3. The van der Waals surface area contributed by atoms with Crippen LogP contribution in [0, 0.1) is 11.8 Å². The van der Waals surface area contributed by atoms with Crippen LogP contribution in [0.2, 0.25) is 5.02 Å². The van der Waals surface area contributed by atoms with E-state index in [0.29, 0.717) is 10.9 Å². The molecule has 1 saturated carbocycles. The largest absolute Gasteiger partial charge is 0.386 e.